The van der Waals surface area contributed by atoms with Crippen molar-refractivity contribution in [3.63, 3.8) is 0 Å². The second kappa shape index (κ2) is 4.85. The fourth-order valence-corrected chi connectivity index (χ4v) is 2.40. The Balaban J connectivity index is 2.20. The Morgan fingerprint density at radius 1 is 1.38 bits per heavy atom. The molecule has 0 saturated carbocycles. The number of anilines is 1. The van der Waals surface area contributed by atoms with E-state index in [2.05, 4.69) is 20.9 Å². The van der Waals surface area contributed by atoms with Gasteiger partial charge in [-0.3, -0.25) is 9.59 Å². The number of nitrogens with two attached hydrogens (primary N) is 1. The van der Waals surface area contributed by atoms with E-state index < -0.39 is 5.56 Å². The van der Waals surface area contributed by atoms with Crippen molar-refractivity contribution in [2.45, 2.75) is 6.92 Å². The standard InChI is InChI=1S/C14H10BrN3O3/c1-7-4-12-17-14(20)9(13(16)18(12)21-7)5-8-2-3-11(19)10(15)6-8/h2-6H,16H2,1H3/b8-5-. The molecule has 1 aliphatic carbocycles. The zero-order valence-corrected chi connectivity index (χ0v) is 12.5. The number of carbonyl (C=O) groups is 1. The first-order valence-electron chi connectivity index (χ1n) is 6.06. The van der Waals surface area contributed by atoms with E-state index in [4.69, 9.17) is 10.3 Å². The summed E-state index contributed by atoms with van der Waals surface area (Å²) in [5.41, 5.74) is 6.77. The second-order valence-electron chi connectivity index (χ2n) is 4.55. The number of nitrogen functional groups attached to an aromatic ring is 1. The van der Waals surface area contributed by atoms with Gasteiger partial charge in [-0.05, 0) is 46.7 Å². The van der Waals surface area contributed by atoms with Gasteiger partial charge in [0.05, 0.1) is 10.0 Å². The number of fused-ring (bicyclic) bond motifs is 1. The molecule has 0 aliphatic heterocycles. The highest BCUT2D eigenvalue weighted by molar-refractivity contribution is 9.12. The molecule has 21 heavy (non-hydrogen) atoms. The van der Waals surface area contributed by atoms with Crippen molar-refractivity contribution in [3.8, 4) is 0 Å². The molecule has 0 spiro atoms. The largest absolute Gasteiger partial charge is 0.382 e. The third-order valence-electron chi connectivity index (χ3n) is 2.98. The first-order valence-corrected chi connectivity index (χ1v) is 6.85. The number of aromatic nitrogens is 2. The number of nitrogens with zero attached hydrogens (tertiary/aromatic N) is 2. The maximum absolute atomic E-state index is 12.1. The van der Waals surface area contributed by atoms with Crippen molar-refractivity contribution < 1.29 is 9.32 Å². The van der Waals surface area contributed by atoms with Crippen LogP contribution in [0.15, 0.2) is 43.7 Å². The van der Waals surface area contributed by atoms with Gasteiger partial charge in [0, 0.05) is 6.07 Å². The fourth-order valence-electron chi connectivity index (χ4n) is 2.00. The van der Waals surface area contributed by atoms with E-state index in [1.165, 1.54) is 10.6 Å². The van der Waals surface area contributed by atoms with Crippen LogP contribution in [0.2, 0.25) is 0 Å². The topological polar surface area (TPSA) is 90.6 Å². The molecule has 0 aromatic carbocycles. The monoisotopic (exact) mass is 347 g/mol. The van der Waals surface area contributed by atoms with Gasteiger partial charge >= 0.3 is 0 Å². The van der Waals surface area contributed by atoms with Gasteiger partial charge < -0.3 is 10.3 Å². The average molecular weight is 348 g/mol. The zero-order valence-electron chi connectivity index (χ0n) is 11.0. The van der Waals surface area contributed by atoms with Crippen LogP contribution in [0.1, 0.15) is 11.3 Å². The van der Waals surface area contributed by atoms with Crippen molar-refractivity contribution >= 4 is 39.3 Å². The van der Waals surface area contributed by atoms with Crippen LogP contribution in [0.4, 0.5) is 5.82 Å². The minimum Gasteiger partial charge on any atom is -0.382 e. The van der Waals surface area contributed by atoms with Crippen LogP contribution in [0.25, 0.3) is 11.7 Å². The summed E-state index contributed by atoms with van der Waals surface area (Å²) in [6.07, 6.45) is 6.20. The van der Waals surface area contributed by atoms with E-state index in [-0.39, 0.29) is 17.2 Å². The molecule has 2 N–H and O–H groups in total. The Labute approximate surface area is 127 Å². The maximum atomic E-state index is 12.1. The van der Waals surface area contributed by atoms with Crippen LogP contribution in [-0.4, -0.2) is 15.3 Å². The number of carbonyl (C=O) groups excluding carboxylic acids is 1. The summed E-state index contributed by atoms with van der Waals surface area (Å²) >= 11 is 3.16. The zero-order chi connectivity index (χ0) is 15.1. The lowest BCUT2D eigenvalue weighted by atomic mass is 10.1. The quantitative estimate of drug-likeness (QED) is 0.851. The summed E-state index contributed by atoms with van der Waals surface area (Å²) in [6, 6.07) is 1.63. The molecular weight excluding hydrogens is 338 g/mol. The summed E-state index contributed by atoms with van der Waals surface area (Å²) in [7, 11) is 0. The summed E-state index contributed by atoms with van der Waals surface area (Å²) in [4.78, 5) is 27.3. The Bertz CT molecular complexity index is 915. The maximum Gasteiger partial charge on any atom is 0.282 e. The number of allylic oxidation sites excluding steroid dienone is 5. The van der Waals surface area contributed by atoms with Gasteiger partial charge in [0.2, 0.25) is 0 Å². The van der Waals surface area contributed by atoms with Crippen LogP contribution < -0.4 is 11.3 Å². The second-order valence-corrected chi connectivity index (χ2v) is 5.40. The van der Waals surface area contributed by atoms with Crippen molar-refractivity contribution in [1.29, 1.82) is 0 Å². The number of rotatable bonds is 1. The number of hydrogen-bond donors (Lipinski definition) is 1. The van der Waals surface area contributed by atoms with E-state index in [1.807, 2.05) is 0 Å². The number of hydrogen-bond acceptors (Lipinski definition) is 5. The fraction of sp³-hybridized carbons (Fsp3) is 0.0714. The Kier molecular flexibility index (Phi) is 3.13. The molecule has 106 valence electrons. The minimum absolute atomic E-state index is 0.132. The lowest BCUT2D eigenvalue weighted by molar-refractivity contribution is -0.110. The lowest BCUT2D eigenvalue weighted by Crippen LogP contribution is -2.16. The molecule has 0 atom stereocenters. The molecule has 2 heterocycles. The number of halogens is 1. The molecule has 7 heteroatoms. The average Bonchev–Trinajstić information content (AvgIpc) is 2.79. The summed E-state index contributed by atoms with van der Waals surface area (Å²) in [5.74, 6) is 0.636. The van der Waals surface area contributed by atoms with Crippen molar-refractivity contribution in [1.82, 2.24) is 9.56 Å². The van der Waals surface area contributed by atoms with E-state index >= 15 is 0 Å². The molecule has 0 saturated heterocycles. The highest BCUT2D eigenvalue weighted by atomic mass is 79.9. The predicted molar refractivity (Wildman–Crippen MR) is 82.0 cm³/mol. The predicted octanol–water partition coefficient (Wildman–Crippen LogP) is 1.98. The molecule has 0 amide bonds. The van der Waals surface area contributed by atoms with Gasteiger partial charge in [0.25, 0.3) is 5.56 Å². The SMILES string of the molecule is Cc1cc2nc(=O)c(/C=C3/C=CC(=O)C(Br)=C3)c(N)n2o1. The van der Waals surface area contributed by atoms with Crippen LogP contribution in [-0.2, 0) is 4.79 Å². The Hall–Kier alpha value is -2.41. The molecule has 0 radical (unpaired) electrons. The molecule has 0 fully saturated rings. The molecular formula is C14H10BrN3O3. The number of aryl methyl sites for hydroxylation is 1. The van der Waals surface area contributed by atoms with Crippen LogP contribution in [0.5, 0.6) is 0 Å². The molecule has 6 nitrogen and oxygen atoms in total. The Morgan fingerprint density at radius 3 is 2.86 bits per heavy atom. The molecule has 1 aliphatic rings. The molecule has 2 aromatic heterocycles. The van der Waals surface area contributed by atoms with Gasteiger partial charge in [-0.2, -0.15) is 4.98 Å². The molecule has 0 unspecified atom stereocenters. The summed E-state index contributed by atoms with van der Waals surface area (Å²) < 4.78 is 7.11. The van der Waals surface area contributed by atoms with Crippen LogP contribution in [0.3, 0.4) is 0 Å². The van der Waals surface area contributed by atoms with Gasteiger partial charge in [0.1, 0.15) is 5.76 Å². The Morgan fingerprint density at radius 2 is 2.14 bits per heavy atom. The van der Waals surface area contributed by atoms with Crippen LogP contribution in [0, 0.1) is 6.92 Å². The van der Waals surface area contributed by atoms with Crippen molar-refractivity contribution in [3.05, 3.63) is 56.0 Å². The van der Waals surface area contributed by atoms with E-state index in [9.17, 15) is 9.59 Å². The summed E-state index contributed by atoms with van der Waals surface area (Å²) in [5, 5.41) is 0. The van der Waals surface area contributed by atoms with E-state index in [1.54, 1.807) is 31.2 Å². The molecule has 0 bridgehead atoms. The van der Waals surface area contributed by atoms with E-state index in [0.717, 1.165) is 0 Å². The van der Waals surface area contributed by atoms with Crippen molar-refractivity contribution in [2.24, 2.45) is 0 Å². The smallest absolute Gasteiger partial charge is 0.282 e. The van der Waals surface area contributed by atoms with Crippen molar-refractivity contribution in [2.75, 3.05) is 5.73 Å². The molecule has 3 rings (SSSR count). The van der Waals surface area contributed by atoms with Gasteiger partial charge in [-0.15, -0.1) is 4.57 Å². The van der Waals surface area contributed by atoms with Gasteiger partial charge in [-0.25, -0.2) is 0 Å². The normalized spacial score (nSPS) is 16.8. The summed E-state index contributed by atoms with van der Waals surface area (Å²) in [6.45, 7) is 1.74. The third-order valence-corrected chi connectivity index (χ3v) is 3.60. The van der Waals surface area contributed by atoms with E-state index in [0.29, 0.717) is 21.5 Å². The van der Waals surface area contributed by atoms with Gasteiger partial charge in [-0.1, -0.05) is 6.08 Å². The highest BCUT2D eigenvalue weighted by Gasteiger charge is 2.14. The first kappa shape index (κ1) is 13.6. The van der Waals surface area contributed by atoms with Gasteiger partial charge in [0.15, 0.2) is 17.2 Å². The first-order chi connectivity index (χ1) is 9.95. The number of ketones is 1. The minimum atomic E-state index is -0.448. The molecule has 2 aromatic rings. The lowest BCUT2D eigenvalue weighted by Gasteiger charge is -2.05. The van der Waals surface area contributed by atoms with Crippen LogP contribution >= 0.6 is 15.9 Å². The third kappa shape index (κ3) is 2.36. The highest BCUT2D eigenvalue weighted by Crippen LogP contribution is 2.21.